The molecule has 0 unspecified atom stereocenters. The molecule has 0 aliphatic heterocycles. The predicted octanol–water partition coefficient (Wildman–Crippen LogP) is 0.767. The highest BCUT2D eigenvalue weighted by atomic mass is 16.5. The summed E-state index contributed by atoms with van der Waals surface area (Å²) in [5.41, 5.74) is 1.62. The van der Waals surface area contributed by atoms with Gasteiger partial charge in [-0.15, -0.1) is 0 Å². The molecule has 76 heavy (non-hydrogen) atoms. The van der Waals surface area contributed by atoms with E-state index in [-0.39, 0.29) is 70.8 Å². The maximum Gasteiger partial charge on any atom is 0.332 e. The van der Waals surface area contributed by atoms with Crippen molar-refractivity contribution in [1.29, 1.82) is 0 Å². The topological polar surface area (TPSA) is 308 Å². The van der Waals surface area contributed by atoms with Crippen molar-refractivity contribution in [1.82, 2.24) is 56.1 Å². The summed E-state index contributed by atoms with van der Waals surface area (Å²) < 4.78 is 16.8. The average molecular weight is 1040 g/mol. The van der Waals surface area contributed by atoms with Crippen LogP contribution in [0.1, 0.15) is 12.5 Å². The van der Waals surface area contributed by atoms with Gasteiger partial charge in [0, 0.05) is 71.5 Å². The maximum absolute atomic E-state index is 12.4. The Bertz CT molecular complexity index is 4090. The predicted molar refractivity (Wildman–Crippen MR) is 282 cm³/mol. The van der Waals surface area contributed by atoms with Crippen LogP contribution in [-0.2, 0) is 76.3 Å². The molecule has 0 aliphatic carbocycles. The number of imidazole rings is 3. The minimum absolute atomic E-state index is 0.0716. The van der Waals surface area contributed by atoms with Crippen molar-refractivity contribution in [3.05, 3.63) is 165 Å². The summed E-state index contributed by atoms with van der Waals surface area (Å²) in [6.45, 7) is 7.32. The van der Waals surface area contributed by atoms with Gasteiger partial charge in [-0.1, -0.05) is 17.7 Å². The van der Waals surface area contributed by atoms with Crippen LogP contribution in [0.2, 0.25) is 0 Å². The molecule has 9 rings (SSSR count). The van der Waals surface area contributed by atoms with E-state index in [1.54, 1.807) is 36.4 Å². The number of hydrogen-bond donors (Lipinski definition) is 3. The molecule has 27 nitrogen and oxygen atoms in total. The molecular weight excluding hydrogens is 989 g/mol. The molecule has 0 aliphatic rings. The third-order valence-electron chi connectivity index (χ3n) is 11.8. The van der Waals surface area contributed by atoms with Crippen molar-refractivity contribution < 1.29 is 23.9 Å². The Hall–Kier alpha value is -10.2. The SMILES string of the molecule is C=[N+]([O-])c1ccc(NC(=O)Cn2cnc3c2c(=O)n(C)c(=O)n3C)cc1.CCOc1ccc(NC(=O)Cn2cnc3c2c(=O)n(C)c(=O)n3C)cc1.Cc1ccc(NC(=O)Cn2cnc3c2c(=O)n(C)c(=O)n3C)cc1. The number of fused-ring (bicyclic) bond motifs is 3. The normalized spacial score (nSPS) is 10.9. The highest BCUT2D eigenvalue weighted by Crippen LogP contribution is 2.18. The van der Waals surface area contributed by atoms with Gasteiger partial charge in [0.05, 0.1) is 25.6 Å². The number of nitrogens with one attached hydrogen (secondary N) is 3. The van der Waals surface area contributed by atoms with E-state index in [9.17, 15) is 48.4 Å². The monoisotopic (exact) mass is 1040 g/mol. The first-order chi connectivity index (χ1) is 36.1. The lowest BCUT2D eigenvalue weighted by Crippen LogP contribution is -2.37. The minimum atomic E-state index is -0.524. The number of benzene rings is 3. The summed E-state index contributed by atoms with van der Waals surface area (Å²) in [6.07, 6.45) is 4.11. The Morgan fingerprint density at radius 1 is 0.513 bits per heavy atom. The molecule has 3 amide bonds. The summed E-state index contributed by atoms with van der Waals surface area (Å²) in [5.74, 6) is -0.268. The van der Waals surface area contributed by atoms with Crippen LogP contribution in [0.25, 0.3) is 33.5 Å². The van der Waals surface area contributed by atoms with Crippen LogP contribution in [0, 0.1) is 12.1 Å². The fourth-order valence-corrected chi connectivity index (χ4v) is 7.77. The molecule has 3 aromatic carbocycles. The number of nitrogens with zero attached hydrogens (tertiary/aromatic N) is 13. The molecular formula is C49H52N16O11. The molecule has 0 saturated carbocycles. The van der Waals surface area contributed by atoms with Gasteiger partial charge in [-0.05, 0) is 62.4 Å². The molecule has 0 radical (unpaired) electrons. The van der Waals surface area contributed by atoms with Crippen LogP contribution in [0.4, 0.5) is 22.7 Å². The number of ether oxygens (including phenoxy) is 1. The van der Waals surface area contributed by atoms with E-state index in [1.165, 1.54) is 101 Å². The summed E-state index contributed by atoms with van der Waals surface area (Å²) in [7, 11) is 8.72. The fraction of sp³-hybridized carbons (Fsp3) is 0.245. The average Bonchev–Trinajstić information content (AvgIpc) is 4.16. The molecule has 27 heteroatoms. The van der Waals surface area contributed by atoms with Crippen LogP contribution in [0.5, 0.6) is 5.75 Å². The second-order valence-corrected chi connectivity index (χ2v) is 17.1. The Morgan fingerprint density at radius 3 is 1.12 bits per heavy atom. The Kier molecular flexibility index (Phi) is 15.7. The van der Waals surface area contributed by atoms with Crippen LogP contribution >= 0.6 is 0 Å². The number of carbonyl (C=O) groups is 3. The zero-order valence-corrected chi connectivity index (χ0v) is 42.5. The van der Waals surface area contributed by atoms with Gasteiger partial charge < -0.3 is 39.6 Å². The van der Waals surface area contributed by atoms with Crippen LogP contribution in [-0.4, -0.2) is 91.8 Å². The molecule has 9 aromatic rings. The lowest BCUT2D eigenvalue weighted by atomic mass is 10.2. The maximum atomic E-state index is 12.4. The second kappa shape index (κ2) is 22.3. The number of anilines is 3. The van der Waals surface area contributed by atoms with Crippen molar-refractivity contribution in [2.75, 3.05) is 22.6 Å². The molecule has 0 fully saturated rings. The summed E-state index contributed by atoms with van der Waals surface area (Å²) in [6, 6.07) is 20.6. The van der Waals surface area contributed by atoms with Crippen molar-refractivity contribution in [2.24, 2.45) is 42.3 Å². The molecule has 6 aromatic heterocycles. The lowest BCUT2D eigenvalue weighted by Gasteiger charge is -2.09. The number of amides is 3. The molecule has 0 saturated heterocycles. The third kappa shape index (κ3) is 11.2. The van der Waals surface area contributed by atoms with E-state index < -0.39 is 33.7 Å². The van der Waals surface area contributed by atoms with Gasteiger partial charge in [0.2, 0.25) is 23.4 Å². The number of hydrogen-bond acceptors (Lipinski definition) is 14. The molecule has 6 heterocycles. The van der Waals surface area contributed by atoms with Crippen LogP contribution in [0.15, 0.2) is 121 Å². The van der Waals surface area contributed by atoms with Crippen molar-refractivity contribution in [2.45, 2.75) is 33.5 Å². The largest absolute Gasteiger partial charge is 0.619 e. The Balaban J connectivity index is 0.000000166. The van der Waals surface area contributed by atoms with E-state index in [1.807, 2.05) is 38.1 Å². The van der Waals surface area contributed by atoms with Crippen LogP contribution < -0.4 is 54.4 Å². The number of carbonyl (C=O) groups excluding carboxylic acids is 3. The number of aryl methyl sites for hydroxylation is 4. The summed E-state index contributed by atoms with van der Waals surface area (Å²) in [5, 5.41) is 19.3. The minimum Gasteiger partial charge on any atom is -0.619 e. The molecule has 3 N–H and O–H groups in total. The van der Waals surface area contributed by atoms with Crippen LogP contribution in [0.3, 0.4) is 0 Å². The van der Waals surface area contributed by atoms with Gasteiger partial charge in [0.1, 0.15) is 32.1 Å². The van der Waals surface area contributed by atoms with Gasteiger partial charge in [-0.2, -0.15) is 4.74 Å². The highest BCUT2D eigenvalue weighted by Gasteiger charge is 2.19. The summed E-state index contributed by atoms with van der Waals surface area (Å²) >= 11 is 0. The van der Waals surface area contributed by atoms with Crippen molar-refractivity contribution in [3.8, 4) is 5.75 Å². The van der Waals surface area contributed by atoms with E-state index in [4.69, 9.17) is 4.74 Å². The first kappa shape index (κ1) is 53.6. The zero-order valence-electron chi connectivity index (χ0n) is 42.5. The van der Waals surface area contributed by atoms with E-state index in [2.05, 4.69) is 37.6 Å². The Morgan fingerprint density at radius 2 is 0.816 bits per heavy atom. The molecule has 0 bridgehead atoms. The van der Waals surface area contributed by atoms with E-state index in [0.717, 1.165) is 25.0 Å². The lowest BCUT2D eigenvalue weighted by molar-refractivity contribution is -0.349. The number of rotatable bonds is 12. The molecule has 0 atom stereocenters. The quantitative estimate of drug-likeness (QED) is 0.0659. The molecule has 0 spiro atoms. The van der Waals surface area contributed by atoms with Gasteiger partial charge in [0.15, 0.2) is 33.5 Å². The van der Waals surface area contributed by atoms with E-state index in [0.29, 0.717) is 34.1 Å². The number of aromatic nitrogens is 12. The zero-order chi connectivity index (χ0) is 55.3. The first-order valence-corrected chi connectivity index (χ1v) is 23.0. The van der Waals surface area contributed by atoms with Gasteiger partial charge >= 0.3 is 17.1 Å². The van der Waals surface area contributed by atoms with Crippen molar-refractivity contribution in [3.63, 3.8) is 0 Å². The Labute approximate surface area is 428 Å². The van der Waals surface area contributed by atoms with Gasteiger partial charge in [-0.25, -0.2) is 29.3 Å². The standard InChI is InChI=1S/C17H19N5O4.C16H16N6O4.C16H17N5O3/c1-4-26-12-7-5-11(6-8-12)19-13(23)9-22-10-18-15-14(22)16(24)21(3)17(25)20(15)2;1-19-14-13(15(24)20(2)16(19)25)22(9-17-14)8-12(23)18-10-4-6-11(7-5-10)21(3)26;1-10-4-6-11(7-5-10)18-12(22)8-21-9-17-14-13(21)15(23)20(3)16(24)19(14)2/h5-8,10H,4,9H2,1-3H3,(H,19,23);4-7,9H,3,8H2,1-2H3,(H,18,23);4-7,9H,8H2,1-3H3,(H,18,22). The smallest absolute Gasteiger partial charge is 0.332 e. The third-order valence-corrected chi connectivity index (χ3v) is 11.8. The first-order valence-electron chi connectivity index (χ1n) is 23.0. The van der Waals surface area contributed by atoms with Gasteiger partial charge in [-0.3, -0.25) is 56.2 Å². The summed E-state index contributed by atoms with van der Waals surface area (Å²) in [4.78, 5) is 122. The van der Waals surface area contributed by atoms with E-state index >= 15 is 0 Å². The second-order valence-electron chi connectivity index (χ2n) is 17.1. The van der Waals surface area contributed by atoms with Gasteiger partial charge in [0.25, 0.3) is 16.7 Å². The van der Waals surface area contributed by atoms with Crippen molar-refractivity contribution >= 4 is 80.7 Å². The molecule has 394 valence electrons. The fourth-order valence-electron chi connectivity index (χ4n) is 7.77. The highest BCUT2D eigenvalue weighted by molar-refractivity contribution is 5.93.